The lowest BCUT2D eigenvalue weighted by atomic mass is 10.1. The molecule has 0 spiro atoms. The van der Waals surface area contributed by atoms with Gasteiger partial charge in [-0.05, 0) is 19.9 Å². The molecule has 2 heterocycles. The van der Waals surface area contributed by atoms with Gasteiger partial charge in [-0.2, -0.15) is 0 Å². The molecule has 1 saturated heterocycles. The summed E-state index contributed by atoms with van der Waals surface area (Å²) in [5.41, 5.74) is 1.90. The lowest BCUT2D eigenvalue weighted by Gasteiger charge is -2.35. The third-order valence-corrected chi connectivity index (χ3v) is 4.40. The molecular formula is C19H25N3O3. The van der Waals surface area contributed by atoms with Crippen LogP contribution in [0.5, 0.6) is 5.75 Å². The third-order valence-electron chi connectivity index (χ3n) is 4.40. The van der Waals surface area contributed by atoms with Gasteiger partial charge in [-0.25, -0.2) is 0 Å². The summed E-state index contributed by atoms with van der Waals surface area (Å²) >= 11 is 0. The molecule has 0 radical (unpaired) electrons. The highest BCUT2D eigenvalue weighted by Gasteiger charge is 2.22. The molecule has 0 saturated carbocycles. The second-order valence-electron chi connectivity index (χ2n) is 6.30. The number of carbonyl (C=O) groups excluding carboxylic acids is 1. The molecule has 0 bridgehead atoms. The van der Waals surface area contributed by atoms with Gasteiger partial charge >= 0.3 is 0 Å². The molecule has 6 heteroatoms. The molecule has 6 nitrogen and oxygen atoms in total. The predicted molar refractivity (Wildman–Crippen MR) is 94.4 cm³/mol. The molecule has 134 valence electrons. The van der Waals surface area contributed by atoms with Gasteiger partial charge in [0, 0.05) is 44.4 Å². The first kappa shape index (κ1) is 17.5. The van der Waals surface area contributed by atoms with E-state index in [-0.39, 0.29) is 5.91 Å². The van der Waals surface area contributed by atoms with Crippen LogP contribution in [0.1, 0.15) is 23.9 Å². The summed E-state index contributed by atoms with van der Waals surface area (Å²) in [5, 5.41) is 3.90. The maximum atomic E-state index is 12.4. The molecule has 0 atom stereocenters. The first-order valence-electron chi connectivity index (χ1n) is 8.78. The van der Waals surface area contributed by atoms with Gasteiger partial charge < -0.3 is 14.2 Å². The number of piperazine rings is 1. The highest BCUT2D eigenvalue weighted by Crippen LogP contribution is 2.20. The molecule has 1 aromatic heterocycles. The predicted octanol–water partition coefficient (Wildman–Crippen LogP) is 2.27. The second kappa shape index (κ2) is 8.16. The van der Waals surface area contributed by atoms with Crippen molar-refractivity contribution in [1.82, 2.24) is 15.0 Å². The van der Waals surface area contributed by atoms with Crippen molar-refractivity contribution in [3.05, 3.63) is 47.3 Å². The van der Waals surface area contributed by atoms with Gasteiger partial charge in [-0.3, -0.25) is 9.69 Å². The van der Waals surface area contributed by atoms with Crippen LogP contribution in [-0.4, -0.2) is 53.6 Å². The average Bonchev–Trinajstić information content (AvgIpc) is 3.02. The summed E-state index contributed by atoms with van der Waals surface area (Å²) in [4.78, 5) is 16.7. The van der Waals surface area contributed by atoms with Crippen LogP contribution in [0.15, 0.2) is 34.9 Å². The van der Waals surface area contributed by atoms with Crippen molar-refractivity contribution in [3.8, 4) is 5.75 Å². The molecule has 1 fully saturated rings. The molecule has 1 aliphatic rings. The molecule has 1 amide bonds. The Morgan fingerprint density at radius 2 is 2.00 bits per heavy atom. The molecule has 0 N–H and O–H groups in total. The van der Waals surface area contributed by atoms with Crippen LogP contribution < -0.4 is 4.74 Å². The maximum Gasteiger partial charge on any atom is 0.228 e. The zero-order valence-electron chi connectivity index (χ0n) is 14.9. The highest BCUT2D eigenvalue weighted by atomic mass is 16.5. The fraction of sp³-hybridized carbons (Fsp3) is 0.474. The smallest absolute Gasteiger partial charge is 0.228 e. The Labute approximate surface area is 148 Å². The number of nitrogens with zero attached hydrogens (tertiary/aromatic N) is 3. The first-order valence-corrected chi connectivity index (χ1v) is 8.78. The van der Waals surface area contributed by atoms with E-state index in [0.29, 0.717) is 18.7 Å². The zero-order valence-corrected chi connectivity index (χ0v) is 14.9. The summed E-state index contributed by atoms with van der Waals surface area (Å²) in [5.74, 6) is 1.80. The summed E-state index contributed by atoms with van der Waals surface area (Å²) in [6.07, 6.45) is 0.310. The minimum absolute atomic E-state index is 0.114. The molecule has 0 unspecified atom stereocenters. The minimum atomic E-state index is 0.114. The number of aromatic nitrogens is 1. The van der Waals surface area contributed by atoms with E-state index in [9.17, 15) is 4.79 Å². The molecule has 1 aliphatic heterocycles. The van der Waals surface area contributed by atoms with Crippen molar-refractivity contribution in [1.29, 1.82) is 0 Å². The van der Waals surface area contributed by atoms with Crippen LogP contribution in [0.2, 0.25) is 0 Å². The summed E-state index contributed by atoms with van der Waals surface area (Å²) in [6.45, 7) is 8.56. The number of aryl methyl sites for hydroxylation is 1. The Morgan fingerprint density at radius 3 is 2.68 bits per heavy atom. The van der Waals surface area contributed by atoms with Crippen LogP contribution in [0.3, 0.4) is 0 Å². The number of rotatable bonds is 6. The minimum Gasteiger partial charge on any atom is -0.494 e. The summed E-state index contributed by atoms with van der Waals surface area (Å²) < 4.78 is 10.7. The SMILES string of the molecule is CCOc1ccccc1CN1CCN(C(=O)Cc2cc(C)on2)CC1. The van der Waals surface area contributed by atoms with Crippen molar-refractivity contribution in [2.75, 3.05) is 32.8 Å². The van der Waals surface area contributed by atoms with E-state index < -0.39 is 0 Å². The Bertz CT molecular complexity index is 705. The largest absolute Gasteiger partial charge is 0.494 e. The van der Waals surface area contributed by atoms with E-state index in [2.05, 4.69) is 16.1 Å². The van der Waals surface area contributed by atoms with Gasteiger partial charge in [0.1, 0.15) is 11.5 Å². The molecule has 2 aromatic rings. The lowest BCUT2D eigenvalue weighted by molar-refractivity contribution is -0.132. The molecule has 3 rings (SSSR count). The second-order valence-corrected chi connectivity index (χ2v) is 6.30. The topological polar surface area (TPSA) is 58.8 Å². The Hall–Kier alpha value is -2.34. The quantitative estimate of drug-likeness (QED) is 0.805. The van der Waals surface area contributed by atoms with Crippen molar-refractivity contribution in [2.45, 2.75) is 26.8 Å². The van der Waals surface area contributed by atoms with Crippen molar-refractivity contribution in [3.63, 3.8) is 0 Å². The van der Waals surface area contributed by atoms with E-state index in [0.717, 1.165) is 44.2 Å². The number of para-hydroxylation sites is 1. The van der Waals surface area contributed by atoms with E-state index >= 15 is 0 Å². The van der Waals surface area contributed by atoms with Crippen molar-refractivity contribution >= 4 is 5.91 Å². The molecular weight excluding hydrogens is 318 g/mol. The number of hydrogen-bond donors (Lipinski definition) is 0. The van der Waals surface area contributed by atoms with E-state index in [1.54, 1.807) is 0 Å². The summed E-state index contributed by atoms with van der Waals surface area (Å²) in [6, 6.07) is 9.97. The Morgan fingerprint density at radius 1 is 1.24 bits per heavy atom. The van der Waals surface area contributed by atoms with E-state index in [1.807, 2.05) is 43.0 Å². The molecule has 1 aromatic carbocycles. The van der Waals surface area contributed by atoms with Gasteiger partial charge in [0.15, 0.2) is 0 Å². The van der Waals surface area contributed by atoms with E-state index in [1.165, 1.54) is 5.56 Å². The number of benzene rings is 1. The van der Waals surface area contributed by atoms with Crippen molar-refractivity contribution < 1.29 is 14.1 Å². The van der Waals surface area contributed by atoms with Crippen LogP contribution in [0.4, 0.5) is 0 Å². The lowest BCUT2D eigenvalue weighted by Crippen LogP contribution is -2.48. The highest BCUT2D eigenvalue weighted by molar-refractivity contribution is 5.78. The monoisotopic (exact) mass is 343 g/mol. The third kappa shape index (κ3) is 4.60. The van der Waals surface area contributed by atoms with Gasteiger partial charge in [-0.15, -0.1) is 0 Å². The Balaban J connectivity index is 1.51. The van der Waals surface area contributed by atoms with Crippen LogP contribution in [-0.2, 0) is 17.8 Å². The average molecular weight is 343 g/mol. The normalized spacial score (nSPS) is 15.4. The van der Waals surface area contributed by atoms with Gasteiger partial charge in [0.25, 0.3) is 0 Å². The molecule has 25 heavy (non-hydrogen) atoms. The standard InChI is InChI=1S/C19H25N3O3/c1-3-24-18-7-5-4-6-16(18)14-21-8-10-22(11-9-21)19(23)13-17-12-15(2)25-20-17/h4-7,12H,3,8-11,13-14H2,1-2H3. The summed E-state index contributed by atoms with van der Waals surface area (Å²) in [7, 11) is 0. The maximum absolute atomic E-state index is 12.4. The van der Waals surface area contributed by atoms with Gasteiger partial charge in [-0.1, -0.05) is 23.4 Å². The number of ether oxygens (including phenoxy) is 1. The van der Waals surface area contributed by atoms with Gasteiger partial charge in [0.05, 0.1) is 18.7 Å². The fourth-order valence-electron chi connectivity index (χ4n) is 3.10. The first-order chi connectivity index (χ1) is 12.2. The van der Waals surface area contributed by atoms with Gasteiger partial charge in [0.2, 0.25) is 5.91 Å². The number of amides is 1. The molecule has 0 aliphatic carbocycles. The Kier molecular flexibility index (Phi) is 5.71. The van der Waals surface area contributed by atoms with E-state index in [4.69, 9.17) is 9.26 Å². The number of carbonyl (C=O) groups is 1. The zero-order chi connectivity index (χ0) is 17.6. The fourth-order valence-corrected chi connectivity index (χ4v) is 3.10. The van der Waals surface area contributed by atoms with Crippen molar-refractivity contribution in [2.24, 2.45) is 0 Å². The van der Waals surface area contributed by atoms with Crippen LogP contribution in [0, 0.1) is 6.92 Å². The van der Waals surface area contributed by atoms with Crippen LogP contribution in [0.25, 0.3) is 0 Å². The van der Waals surface area contributed by atoms with Crippen LogP contribution >= 0.6 is 0 Å². The number of hydrogen-bond acceptors (Lipinski definition) is 5.